The number of nitro groups is 1. The molecule has 2 rings (SSSR count). The Balaban J connectivity index is 1.99. The van der Waals surface area contributed by atoms with E-state index in [2.05, 4.69) is 5.10 Å². The lowest BCUT2D eigenvalue weighted by Crippen LogP contribution is -2.12. The van der Waals surface area contributed by atoms with E-state index in [9.17, 15) is 14.9 Å². The van der Waals surface area contributed by atoms with Crippen LogP contribution in [0.4, 0.5) is 5.69 Å². The summed E-state index contributed by atoms with van der Waals surface area (Å²) in [5, 5.41) is 14.8. The first kappa shape index (κ1) is 14.7. The zero-order chi connectivity index (χ0) is 15.4. The molecule has 0 fully saturated rings. The molecule has 1 heterocycles. The standard InChI is InChI=1S/C14H15N3O4/c1-10-8-15-16(9-10)6-5-14(18)21-13-7-12(17(19)20)4-3-11(13)2/h3-4,7-9H,5-6H2,1-2H3. The SMILES string of the molecule is Cc1cnn(CCC(=O)Oc2cc([N+](=O)[O-])ccc2C)c1. The van der Waals surface area contributed by atoms with Crippen LogP contribution in [0.5, 0.6) is 5.75 Å². The third-order valence-electron chi connectivity index (χ3n) is 2.91. The molecule has 0 spiro atoms. The summed E-state index contributed by atoms with van der Waals surface area (Å²) in [6.07, 6.45) is 3.67. The average molecular weight is 289 g/mol. The number of nitro benzene ring substituents is 1. The van der Waals surface area contributed by atoms with Gasteiger partial charge in [0.1, 0.15) is 5.75 Å². The van der Waals surface area contributed by atoms with Gasteiger partial charge in [-0.3, -0.25) is 19.6 Å². The predicted molar refractivity (Wildman–Crippen MR) is 75.0 cm³/mol. The molecule has 21 heavy (non-hydrogen) atoms. The van der Waals surface area contributed by atoms with Gasteiger partial charge < -0.3 is 4.74 Å². The Kier molecular flexibility index (Phi) is 4.32. The van der Waals surface area contributed by atoms with Gasteiger partial charge in [-0.2, -0.15) is 5.10 Å². The molecule has 0 radical (unpaired) electrons. The second-order valence-electron chi connectivity index (χ2n) is 4.71. The van der Waals surface area contributed by atoms with E-state index < -0.39 is 10.9 Å². The lowest BCUT2D eigenvalue weighted by molar-refractivity contribution is -0.384. The number of nitrogens with zero attached hydrogens (tertiary/aromatic N) is 3. The summed E-state index contributed by atoms with van der Waals surface area (Å²) in [7, 11) is 0. The summed E-state index contributed by atoms with van der Waals surface area (Å²) in [5.74, 6) is -0.238. The maximum absolute atomic E-state index is 11.8. The fraction of sp³-hybridized carbons (Fsp3) is 0.286. The van der Waals surface area contributed by atoms with Gasteiger partial charge in [-0.1, -0.05) is 0 Å². The Labute approximate surface area is 121 Å². The Bertz CT molecular complexity index is 679. The summed E-state index contributed by atoms with van der Waals surface area (Å²) < 4.78 is 6.83. The minimum absolute atomic E-state index is 0.105. The molecular formula is C14H15N3O4. The summed E-state index contributed by atoms with van der Waals surface area (Å²) in [6, 6.07) is 4.18. The van der Waals surface area contributed by atoms with Crippen LogP contribution in [0, 0.1) is 24.0 Å². The fourth-order valence-electron chi connectivity index (χ4n) is 1.78. The molecule has 7 nitrogen and oxygen atoms in total. The van der Waals surface area contributed by atoms with Crippen molar-refractivity contribution in [3.05, 3.63) is 51.8 Å². The van der Waals surface area contributed by atoms with Crippen LogP contribution in [0.25, 0.3) is 0 Å². The molecule has 1 aromatic carbocycles. The van der Waals surface area contributed by atoms with Gasteiger partial charge in [0, 0.05) is 12.3 Å². The van der Waals surface area contributed by atoms with Crippen LogP contribution in [0.3, 0.4) is 0 Å². The minimum atomic E-state index is -0.525. The highest BCUT2D eigenvalue weighted by atomic mass is 16.6. The highest BCUT2D eigenvalue weighted by Gasteiger charge is 2.13. The molecule has 0 aliphatic rings. The Morgan fingerprint density at radius 3 is 2.81 bits per heavy atom. The number of esters is 1. The van der Waals surface area contributed by atoms with Crippen molar-refractivity contribution in [2.24, 2.45) is 0 Å². The molecule has 0 bridgehead atoms. The van der Waals surface area contributed by atoms with E-state index in [1.54, 1.807) is 23.9 Å². The van der Waals surface area contributed by atoms with E-state index >= 15 is 0 Å². The third kappa shape index (κ3) is 3.88. The van der Waals surface area contributed by atoms with E-state index in [-0.39, 0.29) is 17.9 Å². The largest absolute Gasteiger partial charge is 0.426 e. The van der Waals surface area contributed by atoms with E-state index in [4.69, 9.17) is 4.74 Å². The van der Waals surface area contributed by atoms with Gasteiger partial charge >= 0.3 is 5.97 Å². The second-order valence-corrected chi connectivity index (χ2v) is 4.71. The van der Waals surface area contributed by atoms with Crippen molar-refractivity contribution < 1.29 is 14.5 Å². The number of rotatable bonds is 5. The first-order valence-electron chi connectivity index (χ1n) is 6.40. The zero-order valence-corrected chi connectivity index (χ0v) is 11.8. The van der Waals surface area contributed by atoms with Crippen LogP contribution in [-0.2, 0) is 11.3 Å². The maximum Gasteiger partial charge on any atom is 0.313 e. The van der Waals surface area contributed by atoms with Gasteiger partial charge in [0.25, 0.3) is 5.69 Å². The lowest BCUT2D eigenvalue weighted by Gasteiger charge is -2.07. The van der Waals surface area contributed by atoms with Crippen LogP contribution in [0.1, 0.15) is 17.5 Å². The Morgan fingerprint density at radius 2 is 2.19 bits per heavy atom. The van der Waals surface area contributed by atoms with Crippen LogP contribution >= 0.6 is 0 Å². The summed E-state index contributed by atoms with van der Waals surface area (Å²) in [5.41, 5.74) is 1.58. The Morgan fingerprint density at radius 1 is 1.43 bits per heavy atom. The van der Waals surface area contributed by atoms with Crippen LogP contribution < -0.4 is 4.74 Å². The molecule has 110 valence electrons. The van der Waals surface area contributed by atoms with Gasteiger partial charge in [-0.25, -0.2) is 0 Å². The number of aromatic nitrogens is 2. The molecule has 0 amide bonds. The summed E-state index contributed by atoms with van der Waals surface area (Å²) in [4.78, 5) is 22.0. The number of carbonyl (C=O) groups is 1. The van der Waals surface area contributed by atoms with E-state index in [1.165, 1.54) is 12.1 Å². The molecule has 0 atom stereocenters. The number of hydrogen-bond donors (Lipinski definition) is 0. The average Bonchev–Trinajstić information content (AvgIpc) is 2.84. The second kappa shape index (κ2) is 6.17. The zero-order valence-electron chi connectivity index (χ0n) is 11.8. The molecule has 0 unspecified atom stereocenters. The number of benzene rings is 1. The number of non-ortho nitro benzene ring substituents is 1. The van der Waals surface area contributed by atoms with Crippen LogP contribution in [0.15, 0.2) is 30.6 Å². The van der Waals surface area contributed by atoms with E-state index in [1.807, 2.05) is 13.1 Å². The number of hydrogen-bond acceptors (Lipinski definition) is 5. The monoisotopic (exact) mass is 289 g/mol. The topological polar surface area (TPSA) is 87.3 Å². The smallest absolute Gasteiger partial charge is 0.313 e. The minimum Gasteiger partial charge on any atom is -0.426 e. The van der Waals surface area contributed by atoms with E-state index in [0.29, 0.717) is 12.1 Å². The lowest BCUT2D eigenvalue weighted by atomic mass is 10.2. The number of ether oxygens (including phenoxy) is 1. The van der Waals surface area contributed by atoms with Gasteiger partial charge in [0.05, 0.1) is 30.2 Å². The van der Waals surface area contributed by atoms with Crippen molar-refractivity contribution in [3.63, 3.8) is 0 Å². The van der Waals surface area contributed by atoms with Gasteiger partial charge in [0.15, 0.2) is 0 Å². The molecule has 2 aromatic rings. The van der Waals surface area contributed by atoms with Crippen LogP contribution in [-0.4, -0.2) is 20.7 Å². The van der Waals surface area contributed by atoms with Gasteiger partial charge in [-0.15, -0.1) is 0 Å². The predicted octanol–water partition coefficient (Wildman–Crippen LogP) is 2.40. The fourth-order valence-corrected chi connectivity index (χ4v) is 1.78. The van der Waals surface area contributed by atoms with Crippen molar-refractivity contribution in [2.45, 2.75) is 26.8 Å². The van der Waals surface area contributed by atoms with Gasteiger partial charge in [-0.05, 0) is 31.0 Å². The van der Waals surface area contributed by atoms with Crippen molar-refractivity contribution in [1.82, 2.24) is 9.78 Å². The molecule has 0 saturated carbocycles. The molecular weight excluding hydrogens is 274 g/mol. The van der Waals surface area contributed by atoms with Crippen LogP contribution in [0.2, 0.25) is 0 Å². The molecule has 0 aliphatic carbocycles. The third-order valence-corrected chi connectivity index (χ3v) is 2.91. The normalized spacial score (nSPS) is 10.4. The first-order chi connectivity index (χ1) is 9.95. The quantitative estimate of drug-likeness (QED) is 0.365. The van der Waals surface area contributed by atoms with Crippen molar-refractivity contribution in [2.75, 3.05) is 0 Å². The number of carbonyl (C=O) groups excluding carboxylic acids is 1. The molecule has 0 saturated heterocycles. The number of aryl methyl sites for hydroxylation is 3. The summed E-state index contributed by atoms with van der Waals surface area (Å²) in [6.45, 7) is 4.04. The van der Waals surface area contributed by atoms with Crippen molar-refractivity contribution in [3.8, 4) is 5.75 Å². The molecule has 0 aliphatic heterocycles. The van der Waals surface area contributed by atoms with Gasteiger partial charge in [0.2, 0.25) is 0 Å². The van der Waals surface area contributed by atoms with Crippen molar-refractivity contribution in [1.29, 1.82) is 0 Å². The molecule has 7 heteroatoms. The highest BCUT2D eigenvalue weighted by molar-refractivity contribution is 5.73. The van der Waals surface area contributed by atoms with Crippen molar-refractivity contribution >= 4 is 11.7 Å². The Hall–Kier alpha value is -2.70. The highest BCUT2D eigenvalue weighted by Crippen LogP contribution is 2.24. The first-order valence-corrected chi connectivity index (χ1v) is 6.40. The molecule has 0 N–H and O–H groups in total. The molecule has 1 aromatic heterocycles. The van der Waals surface area contributed by atoms with E-state index in [0.717, 1.165) is 5.56 Å². The summed E-state index contributed by atoms with van der Waals surface area (Å²) >= 11 is 0. The maximum atomic E-state index is 11.8.